The Bertz CT molecular complexity index is 370. The predicted molar refractivity (Wildman–Crippen MR) is 79.8 cm³/mol. The van der Waals surface area contributed by atoms with Crippen LogP contribution in [-0.2, 0) is 4.79 Å². The van der Waals surface area contributed by atoms with Gasteiger partial charge in [0.1, 0.15) is 0 Å². The Morgan fingerprint density at radius 3 is 2.53 bits per heavy atom. The summed E-state index contributed by atoms with van der Waals surface area (Å²) in [5, 5.41) is 8.32. The highest BCUT2D eigenvalue weighted by molar-refractivity contribution is 7.99. The van der Waals surface area contributed by atoms with E-state index in [0.717, 1.165) is 30.0 Å². The second-order valence-corrected chi connectivity index (χ2v) is 6.76. The van der Waals surface area contributed by atoms with E-state index in [1.165, 1.54) is 6.08 Å². The van der Waals surface area contributed by atoms with Crippen LogP contribution in [-0.4, -0.2) is 21.1 Å². The van der Waals surface area contributed by atoms with Gasteiger partial charge in [0, 0.05) is 49.1 Å². The minimum atomic E-state index is -1.01. The Hall–Kier alpha value is -1.15. The summed E-state index contributed by atoms with van der Waals surface area (Å²) in [4.78, 5) is 30.8. The van der Waals surface area contributed by atoms with Crippen LogP contribution in [0.5, 0.6) is 0 Å². The lowest BCUT2D eigenvalue weighted by atomic mass is 10.0. The number of carboxylic acid groups (broad SMARTS) is 1. The maximum atomic E-state index is 10.3. The lowest BCUT2D eigenvalue weighted by molar-refractivity contribution is -0.131. The summed E-state index contributed by atoms with van der Waals surface area (Å²) in [6.45, 7) is 3.73. The molecule has 1 atom stereocenters. The van der Waals surface area contributed by atoms with Crippen LogP contribution in [0.2, 0.25) is 0 Å². The zero-order valence-corrected chi connectivity index (χ0v) is 12.3. The average molecular weight is 304 g/mol. The van der Waals surface area contributed by atoms with Crippen LogP contribution in [0.3, 0.4) is 0 Å². The molecule has 106 valence electrons. The van der Waals surface area contributed by atoms with E-state index < -0.39 is 5.97 Å². The normalized spacial score (nSPS) is 13.8. The van der Waals surface area contributed by atoms with Crippen LogP contribution >= 0.6 is 23.9 Å². The smallest absolute Gasteiger partial charge is 0.328 e. The first-order chi connectivity index (χ1) is 8.91. The highest BCUT2D eigenvalue weighted by Crippen LogP contribution is 2.35. The van der Waals surface area contributed by atoms with Gasteiger partial charge in [-0.15, -0.1) is 9.81 Å². The molecule has 0 rings (SSSR count). The van der Waals surface area contributed by atoms with Gasteiger partial charge in [0.15, 0.2) is 0 Å². The summed E-state index contributed by atoms with van der Waals surface area (Å²) in [7, 11) is 0. The van der Waals surface area contributed by atoms with Crippen molar-refractivity contribution in [3.05, 3.63) is 34.1 Å². The van der Waals surface area contributed by atoms with Gasteiger partial charge in [-0.1, -0.05) is 18.2 Å². The van der Waals surface area contributed by atoms with Crippen molar-refractivity contribution in [1.82, 2.24) is 0 Å². The average Bonchev–Trinajstić information content (AvgIpc) is 2.27. The van der Waals surface area contributed by atoms with Gasteiger partial charge in [0.05, 0.1) is 0 Å². The summed E-state index contributed by atoms with van der Waals surface area (Å²) in [5.41, 5.74) is 0. The van der Waals surface area contributed by atoms with E-state index in [2.05, 4.69) is 9.16 Å². The first-order valence-electron chi connectivity index (χ1n) is 5.46. The van der Waals surface area contributed by atoms with Crippen molar-refractivity contribution in [3.8, 4) is 0 Å². The zero-order chi connectivity index (χ0) is 14.7. The Balaban J connectivity index is 4.37. The molecule has 0 aromatic heterocycles. The Labute approximate surface area is 120 Å². The van der Waals surface area contributed by atoms with E-state index in [9.17, 15) is 14.6 Å². The van der Waals surface area contributed by atoms with Crippen molar-refractivity contribution in [1.29, 1.82) is 0 Å². The van der Waals surface area contributed by atoms with Gasteiger partial charge < -0.3 is 5.11 Å². The Morgan fingerprint density at radius 2 is 2.00 bits per heavy atom. The van der Waals surface area contributed by atoms with E-state index >= 15 is 0 Å². The summed E-state index contributed by atoms with van der Waals surface area (Å²) in [6, 6.07) is 0. The standard InChI is InChI=1S/C11H16N2O4S2/c1-11(2,19-13-17)8-9(18-12-16)6-4-3-5-7-10(14)15/h3-5,7,9H,6,8H2,1-2H3,(H,14,15). The van der Waals surface area contributed by atoms with Crippen LogP contribution in [0.1, 0.15) is 26.7 Å². The molecule has 0 spiro atoms. The third-order valence-electron chi connectivity index (χ3n) is 2.08. The molecule has 0 aliphatic rings. The monoisotopic (exact) mass is 304 g/mol. The summed E-state index contributed by atoms with van der Waals surface area (Å²) >= 11 is 1.85. The molecule has 0 radical (unpaired) electrons. The van der Waals surface area contributed by atoms with Crippen LogP contribution in [0.25, 0.3) is 0 Å². The second kappa shape index (κ2) is 9.74. The SMILES string of the molecule is CC(C)(CC(CC=CC=CC(=O)O)SN=O)SN=O. The lowest BCUT2D eigenvalue weighted by Gasteiger charge is -2.23. The number of aliphatic carboxylic acids is 1. The number of rotatable bonds is 10. The van der Waals surface area contributed by atoms with E-state index in [1.54, 1.807) is 12.2 Å². The Kier molecular flexibility index (Phi) is 9.15. The summed E-state index contributed by atoms with van der Waals surface area (Å²) in [5.74, 6) is -1.01. The molecule has 0 aromatic rings. The van der Waals surface area contributed by atoms with E-state index in [0.29, 0.717) is 12.8 Å². The number of nitrogens with zero attached hydrogens (tertiary/aromatic N) is 2. The first-order valence-corrected chi connectivity index (χ1v) is 7.07. The van der Waals surface area contributed by atoms with Crippen molar-refractivity contribution < 1.29 is 9.90 Å². The molecular formula is C11H16N2O4S2. The molecule has 0 bridgehead atoms. The van der Waals surface area contributed by atoms with Crippen molar-refractivity contribution >= 4 is 29.9 Å². The first kappa shape index (κ1) is 17.8. The maximum Gasteiger partial charge on any atom is 0.328 e. The highest BCUT2D eigenvalue weighted by Gasteiger charge is 2.25. The van der Waals surface area contributed by atoms with Crippen LogP contribution in [0.4, 0.5) is 0 Å². The highest BCUT2D eigenvalue weighted by atomic mass is 32.2. The molecule has 0 aliphatic carbocycles. The minimum Gasteiger partial charge on any atom is -0.478 e. The lowest BCUT2D eigenvalue weighted by Crippen LogP contribution is -2.20. The number of hydrogen-bond acceptors (Lipinski definition) is 7. The van der Waals surface area contributed by atoms with Crippen LogP contribution < -0.4 is 0 Å². The van der Waals surface area contributed by atoms with Gasteiger partial charge in [0.25, 0.3) is 0 Å². The van der Waals surface area contributed by atoms with Gasteiger partial charge >= 0.3 is 5.97 Å². The van der Waals surface area contributed by atoms with E-state index in [4.69, 9.17) is 5.11 Å². The topological polar surface area (TPSA) is 96.2 Å². The fourth-order valence-corrected chi connectivity index (χ4v) is 2.75. The Morgan fingerprint density at radius 1 is 1.32 bits per heavy atom. The summed E-state index contributed by atoms with van der Waals surface area (Å²) < 4.78 is 5.25. The molecule has 1 unspecified atom stereocenters. The van der Waals surface area contributed by atoms with Gasteiger partial charge in [-0.2, -0.15) is 0 Å². The van der Waals surface area contributed by atoms with Crippen molar-refractivity contribution in [3.63, 3.8) is 0 Å². The van der Waals surface area contributed by atoms with Gasteiger partial charge in [-0.25, -0.2) is 4.79 Å². The van der Waals surface area contributed by atoms with Crippen LogP contribution in [0, 0.1) is 9.81 Å². The molecular weight excluding hydrogens is 288 g/mol. The van der Waals surface area contributed by atoms with Gasteiger partial charge in [-0.05, 0) is 26.7 Å². The number of nitroso groups, excluding NO2 is 2. The maximum absolute atomic E-state index is 10.3. The zero-order valence-electron chi connectivity index (χ0n) is 10.7. The van der Waals surface area contributed by atoms with Crippen molar-refractivity contribution in [2.75, 3.05) is 0 Å². The molecule has 0 aliphatic heterocycles. The minimum absolute atomic E-state index is 0.0729. The molecule has 19 heavy (non-hydrogen) atoms. The molecule has 0 heterocycles. The largest absolute Gasteiger partial charge is 0.478 e. The molecule has 0 saturated heterocycles. The molecule has 0 aromatic carbocycles. The molecule has 0 saturated carbocycles. The predicted octanol–water partition coefficient (Wildman–Crippen LogP) is 3.94. The fraction of sp³-hybridized carbons (Fsp3) is 0.545. The van der Waals surface area contributed by atoms with Crippen LogP contribution in [0.15, 0.2) is 33.5 Å². The van der Waals surface area contributed by atoms with E-state index in [1.807, 2.05) is 13.8 Å². The fourth-order valence-electron chi connectivity index (χ4n) is 1.36. The quantitative estimate of drug-likeness (QED) is 0.284. The third-order valence-corrected chi connectivity index (χ3v) is 3.56. The third kappa shape index (κ3) is 10.5. The van der Waals surface area contributed by atoms with E-state index in [-0.39, 0.29) is 10.00 Å². The van der Waals surface area contributed by atoms with Crippen molar-refractivity contribution in [2.24, 2.45) is 9.16 Å². The number of carboxylic acids is 1. The molecule has 0 amide bonds. The summed E-state index contributed by atoms with van der Waals surface area (Å²) in [6.07, 6.45) is 6.94. The molecule has 8 heteroatoms. The molecule has 0 fully saturated rings. The number of carbonyl (C=O) groups is 1. The number of hydrogen-bond donors (Lipinski definition) is 1. The second-order valence-electron chi connectivity index (χ2n) is 4.29. The van der Waals surface area contributed by atoms with Gasteiger partial charge in [0.2, 0.25) is 0 Å². The molecule has 6 nitrogen and oxygen atoms in total. The molecule has 1 N–H and O–H groups in total. The number of allylic oxidation sites excluding steroid dienone is 3. The van der Waals surface area contributed by atoms with Gasteiger partial charge in [-0.3, -0.25) is 0 Å². The van der Waals surface area contributed by atoms with Crippen molar-refractivity contribution in [2.45, 2.75) is 36.7 Å².